The van der Waals surface area contributed by atoms with Crippen LogP contribution in [0, 0.1) is 4.77 Å². The Bertz CT molecular complexity index is 744. The fourth-order valence-corrected chi connectivity index (χ4v) is 2.12. The number of benzene rings is 1. The maximum absolute atomic E-state index is 5.70. The van der Waals surface area contributed by atoms with Crippen molar-refractivity contribution in [3.8, 4) is 0 Å². The van der Waals surface area contributed by atoms with E-state index in [2.05, 4.69) is 19.9 Å². The summed E-state index contributed by atoms with van der Waals surface area (Å²) in [6.07, 6.45) is 0.688. The smallest absolute Gasteiger partial charge is 0.222 e. The Kier molecular flexibility index (Phi) is 2.56. The highest BCUT2D eigenvalue weighted by Gasteiger charge is 2.09. The quantitative estimate of drug-likeness (QED) is 0.614. The van der Waals surface area contributed by atoms with Crippen LogP contribution in [0.1, 0.15) is 11.3 Å². The predicted octanol–water partition coefficient (Wildman–Crippen LogP) is 2.19. The van der Waals surface area contributed by atoms with Crippen molar-refractivity contribution in [3.05, 3.63) is 46.4 Å². The molecule has 3 rings (SSSR count). The number of nitrogens with one attached hydrogen (secondary N) is 2. The van der Waals surface area contributed by atoms with Crippen LogP contribution in [0.3, 0.4) is 0 Å². The molecule has 0 aliphatic heterocycles. The number of hydrogen-bond acceptors (Lipinski definition) is 4. The Morgan fingerprint density at radius 3 is 2.67 bits per heavy atom. The largest absolute Gasteiger partial charge is 0.368 e. The van der Waals surface area contributed by atoms with Crippen molar-refractivity contribution in [1.29, 1.82) is 0 Å². The molecule has 90 valence electrons. The van der Waals surface area contributed by atoms with Gasteiger partial charge in [0.15, 0.2) is 10.4 Å². The van der Waals surface area contributed by atoms with Crippen LogP contribution in [0.25, 0.3) is 11.2 Å². The van der Waals surface area contributed by atoms with Gasteiger partial charge in [-0.25, -0.2) is 4.98 Å². The molecule has 0 amide bonds. The Labute approximate surface area is 108 Å². The lowest BCUT2D eigenvalue weighted by Gasteiger charge is -2.03. The lowest BCUT2D eigenvalue weighted by atomic mass is 10.1. The van der Waals surface area contributed by atoms with Crippen LogP contribution in [-0.2, 0) is 6.42 Å². The van der Waals surface area contributed by atoms with E-state index < -0.39 is 0 Å². The Morgan fingerprint density at radius 1 is 1.11 bits per heavy atom. The van der Waals surface area contributed by atoms with Gasteiger partial charge in [-0.05, 0) is 17.8 Å². The van der Waals surface area contributed by atoms with E-state index in [0.29, 0.717) is 16.8 Å². The number of H-pyrrole nitrogens is 2. The first-order valence-electron chi connectivity index (χ1n) is 5.51. The van der Waals surface area contributed by atoms with Gasteiger partial charge in [0, 0.05) is 6.42 Å². The van der Waals surface area contributed by atoms with E-state index in [9.17, 15) is 0 Å². The third-order valence-electron chi connectivity index (χ3n) is 2.69. The number of hydrogen-bond donors (Lipinski definition) is 3. The third-order valence-corrected chi connectivity index (χ3v) is 2.89. The molecule has 3 aromatic rings. The molecule has 6 heteroatoms. The maximum atomic E-state index is 5.70. The summed E-state index contributed by atoms with van der Waals surface area (Å²) in [4.78, 5) is 14.4. The van der Waals surface area contributed by atoms with Crippen molar-refractivity contribution in [2.45, 2.75) is 6.42 Å². The van der Waals surface area contributed by atoms with Gasteiger partial charge in [-0.1, -0.05) is 30.3 Å². The minimum Gasteiger partial charge on any atom is -0.368 e. The van der Waals surface area contributed by atoms with Crippen LogP contribution in [-0.4, -0.2) is 19.9 Å². The van der Waals surface area contributed by atoms with E-state index in [1.54, 1.807) is 0 Å². The highest BCUT2D eigenvalue weighted by molar-refractivity contribution is 7.71. The molecule has 2 aromatic heterocycles. The molecule has 0 radical (unpaired) electrons. The van der Waals surface area contributed by atoms with Crippen molar-refractivity contribution in [3.63, 3.8) is 0 Å². The lowest BCUT2D eigenvalue weighted by molar-refractivity contribution is 1.06. The highest BCUT2D eigenvalue weighted by atomic mass is 32.1. The van der Waals surface area contributed by atoms with Gasteiger partial charge in [0.1, 0.15) is 5.52 Å². The predicted molar refractivity (Wildman–Crippen MR) is 72.7 cm³/mol. The molecular weight excluding hydrogens is 246 g/mol. The SMILES string of the molecule is Nc1nc(Cc2ccccc2)c2[nH]c(=S)[nH]c2n1. The van der Waals surface area contributed by atoms with Crippen molar-refractivity contribution < 1.29 is 0 Å². The van der Waals surface area contributed by atoms with Gasteiger partial charge in [0.2, 0.25) is 5.95 Å². The van der Waals surface area contributed by atoms with Gasteiger partial charge >= 0.3 is 0 Å². The summed E-state index contributed by atoms with van der Waals surface area (Å²) in [5.41, 5.74) is 9.17. The van der Waals surface area contributed by atoms with E-state index in [0.717, 1.165) is 16.8 Å². The van der Waals surface area contributed by atoms with E-state index >= 15 is 0 Å². The number of aromatic nitrogens is 4. The zero-order valence-electron chi connectivity index (χ0n) is 9.47. The van der Waals surface area contributed by atoms with Gasteiger partial charge in [-0.2, -0.15) is 4.98 Å². The van der Waals surface area contributed by atoms with Gasteiger partial charge in [-0.15, -0.1) is 0 Å². The second-order valence-corrected chi connectivity index (χ2v) is 4.40. The molecule has 4 N–H and O–H groups in total. The minimum atomic E-state index is 0.249. The van der Waals surface area contributed by atoms with Crippen LogP contribution in [0.2, 0.25) is 0 Å². The molecule has 0 spiro atoms. The third kappa shape index (κ3) is 1.98. The fraction of sp³-hybridized carbons (Fsp3) is 0.0833. The number of nitrogens with zero attached hydrogens (tertiary/aromatic N) is 2. The van der Waals surface area contributed by atoms with Crippen molar-refractivity contribution in [2.24, 2.45) is 0 Å². The van der Waals surface area contributed by atoms with E-state index in [1.165, 1.54) is 0 Å². The molecule has 1 aromatic carbocycles. The number of fused-ring (bicyclic) bond motifs is 1. The normalized spacial score (nSPS) is 10.9. The first-order chi connectivity index (χ1) is 8.72. The number of rotatable bonds is 2. The molecule has 0 atom stereocenters. The summed E-state index contributed by atoms with van der Waals surface area (Å²) >= 11 is 5.06. The number of nitrogens with two attached hydrogens (primary N) is 1. The molecule has 0 saturated carbocycles. The average Bonchev–Trinajstić information content (AvgIpc) is 2.71. The molecule has 0 aliphatic rings. The fourth-order valence-electron chi connectivity index (χ4n) is 1.92. The second kappa shape index (κ2) is 4.23. The summed E-state index contributed by atoms with van der Waals surface area (Å²) in [7, 11) is 0. The first-order valence-corrected chi connectivity index (χ1v) is 5.91. The lowest BCUT2D eigenvalue weighted by Crippen LogP contribution is -2.01. The molecule has 5 nitrogen and oxygen atoms in total. The Hall–Kier alpha value is -2.21. The molecule has 0 saturated heterocycles. The average molecular weight is 257 g/mol. The Morgan fingerprint density at radius 2 is 1.89 bits per heavy atom. The zero-order valence-corrected chi connectivity index (χ0v) is 10.3. The second-order valence-electron chi connectivity index (χ2n) is 3.99. The van der Waals surface area contributed by atoms with Crippen molar-refractivity contribution >= 4 is 29.3 Å². The highest BCUT2D eigenvalue weighted by Crippen LogP contribution is 2.16. The van der Waals surface area contributed by atoms with Crippen LogP contribution in [0.5, 0.6) is 0 Å². The molecule has 2 heterocycles. The van der Waals surface area contributed by atoms with Gasteiger partial charge < -0.3 is 15.7 Å². The topological polar surface area (TPSA) is 83.4 Å². The monoisotopic (exact) mass is 257 g/mol. The van der Waals surface area contributed by atoms with Crippen LogP contribution in [0.15, 0.2) is 30.3 Å². The Balaban J connectivity index is 2.13. The number of anilines is 1. The number of nitrogen functional groups attached to an aromatic ring is 1. The molecule has 18 heavy (non-hydrogen) atoms. The minimum absolute atomic E-state index is 0.249. The summed E-state index contributed by atoms with van der Waals surface area (Å²) in [5, 5.41) is 0. The van der Waals surface area contributed by atoms with Gasteiger partial charge in [0.25, 0.3) is 0 Å². The van der Waals surface area contributed by atoms with Crippen LogP contribution in [0.4, 0.5) is 5.95 Å². The summed E-state index contributed by atoms with van der Waals surface area (Å²) in [6.45, 7) is 0. The zero-order chi connectivity index (χ0) is 12.5. The molecule has 0 unspecified atom stereocenters. The number of aromatic amines is 2. The van der Waals surface area contributed by atoms with Crippen LogP contribution < -0.4 is 5.73 Å². The summed E-state index contributed by atoms with van der Waals surface area (Å²) < 4.78 is 0.527. The van der Waals surface area contributed by atoms with Gasteiger partial charge in [-0.3, -0.25) is 0 Å². The summed E-state index contributed by atoms with van der Waals surface area (Å²) in [6, 6.07) is 10.1. The van der Waals surface area contributed by atoms with Crippen molar-refractivity contribution in [2.75, 3.05) is 5.73 Å². The molecular formula is C12H11N5S. The molecule has 0 fully saturated rings. The molecule has 0 aliphatic carbocycles. The standard InChI is InChI=1S/C12H11N5S/c13-11-14-8(6-7-4-2-1-3-5-7)9-10(16-11)17-12(18)15-9/h1-5H,6H2,(H4,13,14,15,16,17,18). The number of imidazole rings is 1. The van der Waals surface area contributed by atoms with Crippen molar-refractivity contribution in [1.82, 2.24) is 19.9 Å². The van der Waals surface area contributed by atoms with E-state index in [-0.39, 0.29) is 5.95 Å². The summed E-state index contributed by atoms with van der Waals surface area (Å²) in [5.74, 6) is 0.249. The van der Waals surface area contributed by atoms with E-state index in [4.69, 9.17) is 18.0 Å². The van der Waals surface area contributed by atoms with E-state index in [1.807, 2.05) is 30.3 Å². The van der Waals surface area contributed by atoms with Crippen LogP contribution >= 0.6 is 12.2 Å². The first kappa shape index (κ1) is 10.9. The maximum Gasteiger partial charge on any atom is 0.222 e. The van der Waals surface area contributed by atoms with Gasteiger partial charge in [0.05, 0.1) is 5.69 Å². The molecule has 0 bridgehead atoms.